The van der Waals surface area contributed by atoms with Crippen LogP contribution < -0.4 is 5.32 Å². The van der Waals surface area contributed by atoms with Gasteiger partial charge in [0.2, 0.25) is 5.91 Å². The van der Waals surface area contributed by atoms with Crippen molar-refractivity contribution in [3.8, 4) is 0 Å². The van der Waals surface area contributed by atoms with Crippen molar-refractivity contribution < 1.29 is 9.18 Å². The molecule has 0 fully saturated rings. The largest absolute Gasteiger partial charge is 0.355 e. The van der Waals surface area contributed by atoms with Crippen molar-refractivity contribution in [3.63, 3.8) is 0 Å². The maximum Gasteiger partial charge on any atom is 0.224 e. The Morgan fingerprint density at radius 3 is 2.71 bits per heavy atom. The van der Waals surface area contributed by atoms with Gasteiger partial charge in [0.25, 0.3) is 0 Å². The SMILES string of the molecule is Cc1ccc(CC(=O)NCCSCc2c(F)cccc2Cl)cc1C. The molecule has 0 unspecified atom stereocenters. The molecule has 2 nitrogen and oxygen atoms in total. The van der Waals surface area contributed by atoms with E-state index in [1.807, 2.05) is 25.1 Å². The van der Waals surface area contributed by atoms with Gasteiger partial charge in [-0.05, 0) is 42.7 Å². The van der Waals surface area contributed by atoms with Crippen LogP contribution in [-0.4, -0.2) is 18.2 Å². The zero-order valence-corrected chi connectivity index (χ0v) is 15.4. The molecule has 0 saturated carbocycles. The number of rotatable bonds is 7. The molecule has 2 aromatic rings. The van der Waals surface area contributed by atoms with E-state index < -0.39 is 0 Å². The van der Waals surface area contributed by atoms with Gasteiger partial charge in [-0.3, -0.25) is 4.79 Å². The highest BCUT2D eigenvalue weighted by Crippen LogP contribution is 2.23. The molecule has 0 aliphatic rings. The molecule has 0 bridgehead atoms. The summed E-state index contributed by atoms with van der Waals surface area (Å²) in [5.74, 6) is 0.929. The van der Waals surface area contributed by atoms with Crippen molar-refractivity contribution in [3.05, 3.63) is 69.5 Å². The third-order valence-electron chi connectivity index (χ3n) is 3.81. The first-order valence-electron chi connectivity index (χ1n) is 7.81. The minimum Gasteiger partial charge on any atom is -0.355 e. The van der Waals surface area contributed by atoms with Gasteiger partial charge in [0, 0.05) is 28.6 Å². The first-order chi connectivity index (χ1) is 11.5. The maximum absolute atomic E-state index is 13.6. The Bertz CT molecular complexity index is 700. The zero-order chi connectivity index (χ0) is 17.5. The van der Waals surface area contributed by atoms with Crippen LogP contribution in [0.4, 0.5) is 4.39 Å². The summed E-state index contributed by atoms with van der Waals surface area (Å²) in [5, 5.41) is 3.34. The highest BCUT2D eigenvalue weighted by Gasteiger charge is 2.07. The Balaban J connectivity index is 1.70. The fourth-order valence-electron chi connectivity index (χ4n) is 2.27. The highest BCUT2D eigenvalue weighted by atomic mass is 35.5. The van der Waals surface area contributed by atoms with Crippen LogP contribution in [0.1, 0.15) is 22.3 Å². The first kappa shape index (κ1) is 18.8. The third kappa shape index (κ3) is 5.53. The number of carbonyl (C=O) groups is 1. The molecule has 24 heavy (non-hydrogen) atoms. The molecule has 0 spiro atoms. The number of hydrogen-bond acceptors (Lipinski definition) is 2. The lowest BCUT2D eigenvalue weighted by Crippen LogP contribution is -2.27. The van der Waals surface area contributed by atoms with Crippen LogP contribution in [-0.2, 0) is 17.0 Å². The Kier molecular flexibility index (Phi) is 7.13. The van der Waals surface area contributed by atoms with Crippen molar-refractivity contribution in [1.29, 1.82) is 0 Å². The van der Waals surface area contributed by atoms with Gasteiger partial charge in [-0.25, -0.2) is 4.39 Å². The Morgan fingerprint density at radius 1 is 1.21 bits per heavy atom. The number of amides is 1. The van der Waals surface area contributed by atoms with Crippen molar-refractivity contribution in [2.45, 2.75) is 26.0 Å². The van der Waals surface area contributed by atoms with Crippen LogP contribution in [0.5, 0.6) is 0 Å². The van der Waals surface area contributed by atoms with Gasteiger partial charge in [0.15, 0.2) is 0 Å². The van der Waals surface area contributed by atoms with Gasteiger partial charge in [-0.2, -0.15) is 11.8 Å². The quantitative estimate of drug-likeness (QED) is 0.721. The fourth-order valence-corrected chi connectivity index (χ4v) is 3.47. The van der Waals surface area contributed by atoms with Crippen LogP contribution in [0.15, 0.2) is 36.4 Å². The minimum atomic E-state index is -0.284. The molecule has 0 aromatic heterocycles. The number of aryl methyl sites for hydroxylation is 2. The molecule has 5 heteroatoms. The van der Waals surface area contributed by atoms with Crippen LogP contribution in [0, 0.1) is 19.7 Å². The Labute approximate surface area is 151 Å². The van der Waals surface area contributed by atoms with Crippen LogP contribution in [0.3, 0.4) is 0 Å². The van der Waals surface area contributed by atoms with E-state index in [9.17, 15) is 9.18 Å². The minimum absolute atomic E-state index is 0.00257. The monoisotopic (exact) mass is 365 g/mol. The van der Waals surface area contributed by atoms with Gasteiger partial charge >= 0.3 is 0 Å². The number of nitrogens with one attached hydrogen (secondary N) is 1. The summed E-state index contributed by atoms with van der Waals surface area (Å²) in [6.07, 6.45) is 0.380. The second kappa shape index (κ2) is 9.09. The average molecular weight is 366 g/mol. The second-order valence-electron chi connectivity index (χ2n) is 5.70. The van der Waals surface area contributed by atoms with E-state index in [1.165, 1.54) is 17.2 Å². The molecule has 1 amide bonds. The van der Waals surface area contributed by atoms with E-state index in [2.05, 4.69) is 12.2 Å². The molecule has 0 aliphatic carbocycles. The Hall–Kier alpha value is -1.52. The van der Waals surface area contributed by atoms with Crippen molar-refractivity contribution in [1.82, 2.24) is 5.32 Å². The third-order valence-corrected chi connectivity index (χ3v) is 5.15. The Morgan fingerprint density at radius 2 is 2.00 bits per heavy atom. The normalized spacial score (nSPS) is 10.7. The molecular weight excluding hydrogens is 345 g/mol. The van der Waals surface area contributed by atoms with Crippen molar-refractivity contribution in [2.24, 2.45) is 0 Å². The fraction of sp³-hybridized carbons (Fsp3) is 0.316. The second-order valence-corrected chi connectivity index (χ2v) is 7.21. The van der Waals surface area contributed by atoms with Crippen molar-refractivity contribution in [2.75, 3.05) is 12.3 Å². The average Bonchev–Trinajstić information content (AvgIpc) is 2.53. The summed E-state index contributed by atoms with van der Waals surface area (Å²) in [4.78, 5) is 11.9. The van der Waals surface area contributed by atoms with Crippen LogP contribution in [0.2, 0.25) is 5.02 Å². The van der Waals surface area contributed by atoms with E-state index in [1.54, 1.807) is 23.9 Å². The molecular formula is C19H21ClFNOS. The van der Waals surface area contributed by atoms with E-state index in [0.29, 0.717) is 35.1 Å². The summed E-state index contributed by atoms with van der Waals surface area (Å²) in [7, 11) is 0. The molecule has 2 rings (SSSR count). The molecule has 0 heterocycles. The van der Waals surface area contributed by atoms with Gasteiger partial charge in [-0.1, -0.05) is 35.9 Å². The predicted molar refractivity (Wildman–Crippen MR) is 100 cm³/mol. The summed E-state index contributed by atoms with van der Waals surface area (Å²) in [6.45, 7) is 4.65. The number of halogens is 2. The molecule has 2 aromatic carbocycles. The van der Waals surface area contributed by atoms with E-state index in [4.69, 9.17) is 11.6 Å². The summed E-state index contributed by atoms with van der Waals surface area (Å²) < 4.78 is 13.6. The zero-order valence-electron chi connectivity index (χ0n) is 13.9. The van der Waals surface area contributed by atoms with Gasteiger partial charge in [-0.15, -0.1) is 0 Å². The number of benzene rings is 2. The van der Waals surface area contributed by atoms with Crippen LogP contribution >= 0.6 is 23.4 Å². The lowest BCUT2D eigenvalue weighted by molar-refractivity contribution is -0.120. The summed E-state index contributed by atoms with van der Waals surface area (Å²) >= 11 is 7.53. The number of carbonyl (C=O) groups excluding carboxylic acids is 1. The number of thioether (sulfide) groups is 1. The smallest absolute Gasteiger partial charge is 0.224 e. The first-order valence-corrected chi connectivity index (χ1v) is 9.34. The molecule has 0 saturated heterocycles. The van der Waals surface area contributed by atoms with E-state index >= 15 is 0 Å². The molecule has 0 aliphatic heterocycles. The van der Waals surface area contributed by atoms with Crippen LogP contribution in [0.25, 0.3) is 0 Å². The van der Waals surface area contributed by atoms with Gasteiger partial charge in [0.05, 0.1) is 6.42 Å². The molecule has 128 valence electrons. The van der Waals surface area contributed by atoms with Crippen molar-refractivity contribution >= 4 is 29.3 Å². The molecule has 1 N–H and O–H groups in total. The predicted octanol–water partition coefficient (Wildman–Crippen LogP) is 4.69. The van der Waals surface area contributed by atoms with E-state index in [-0.39, 0.29) is 11.7 Å². The molecule has 0 radical (unpaired) electrons. The summed E-state index contributed by atoms with van der Waals surface area (Å²) in [5.41, 5.74) is 3.95. The number of hydrogen-bond donors (Lipinski definition) is 1. The van der Waals surface area contributed by atoms with E-state index in [0.717, 1.165) is 5.56 Å². The maximum atomic E-state index is 13.6. The summed E-state index contributed by atoms with van der Waals surface area (Å²) in [6, 6.07) is 10.8. The molecule has 0 atom stereocenters. The van der Waals surface area contributed by atoms with Gasteiger partial charge < -0.3 is 5.32 Å². The lowest BCUT2D eigenvalue weighted by Gasteiger charge is -2.08. The standard InChI is InChI=1S/C19H21ClFNOS/c1-13-6-7-15(10-14(13)2)11-19(23)22-8-9-24-12-16-17(20)4-3-5-18(16)21/h3-7,10H,8-9,11-12H2,1-2H3,(H,22,23). The topological polar surface area (TPSA) is 29.1 Å². The lowest BCUT2D eigenvalue weighted by atomic mass is 10.0. The highest BCUT2D eigenvalue weighted by molar-refractivity contribution is 7.98. The van der Waals surface area contributed by atoms with Gasteiger partial charge in [0.1, 0.15) is 5.82 Å².